The Kier molecular flexibility index (Phi) is 3.18. The van der Waals surface area contributed by atoms with Crippen LogP contribution in [-0.4, -0.2) is 33.6 Å². The van der Waals surface area contributed by atoms with Crippen molar-refractivity contribution < 1.29 is 15.3 Å². The van der Waals surface area contributed by atoms with E-state index < -0.39 is 0 Å². The molecule has 7 atom stereocenters. The Morgan fingerprint density at radius 3 is 2.64 bits per heavy atom. The Hall–Kier alpha value is -0.640. The molecule has 3 N–H and O–H groups in total. The zero-order valence-corrected chi connectivity index (χ0v) is 13.6. The molecule has 122 valence electrons. The SMILES string of the molecule is C[C@]12CCC3=C(C(O)CC4C[C@@H](O)C=C[C@]34C)[C@@H]1CC[C@@H]2O. The van der Waals surface area contributed by atoms with Crippen molar-refractivity contribution in [3.8, 4) is 0 Å². The van der Waals surface area contributed by atoms with Gasteiger partial charge in [-0.1, -0.05) is 31.6 Å². The lowest BCUT2D eigenvalue weighted by Gasteiger charge is -2.53. The van der Waals surface area contributed by atoms with Gasteiger partial charge in [0.1, 0.15) is 0 Å². The van der Waals surface area contributed by atoms with Crippen LogP contribution in [-0.2, 0) is 0 Å². The van der Waals surface area contributed by atoms with Crippen molar-refractivity contribution in [2.24, 2.45) is 22.7 Å². The van der Waals surface area contributed by atoms with Crippen molar-refractivity contribution in [1.82, 2.24) is 0 Å². The normalized spacial score (nSPS) is 54.0. The molecule has 1 fully saturated rings. The smallest absolute Gasteiger partial charge is 0.0759 e. The second-order valence-electron chi connectivity index (χ2n) is 8.48. The number of aliphatic hydroxyl groups excluding tert-OH is 3. The minimum Gasteiger partial charge on any atom is -0.393 e. The van der Waals surface area contributed by atoms with E-state index in [-0.39, 0.29) is 29.1 Å². The average Bonchev–Trinajstić information content (AvgIpc) is 2.77. The predicted molar refractivity (Wildman–Crippen MR) is 85.1 cm³/mol. The minimum atomic E-state index is -0.387. The fourth-order valence-electron chi connectivity index (χ4n) is 5.98. The number of aliphatic hydroxyl groups is 3. The molecule has 4 aliphatic rings. The highest BCUT2D eigenvalue weighted by molar-refractivity contribution is 5.40. The van der Waals surface area contributed by atoms with Crippen LogP contribution < -0.4 is 0 Å². The lowest BCUT2D eigenvalue weighted by Crippen LogP contribution is -2.48. The largest absolute Gasteiger partial charge is 0.393 e. The minimum absolute atomic E-state index is 0.0112. The lowest BCUT2D eigenvalue weighted by molar-refractivity contribution is 0.00704. The Morgan fingerprint density at radius 2 is 1.86 bits per heavy atom. The molecule has 0 amide bonds. The molecule has 4 aliphatic carbocycles. The first kappa shape index (κ1) is 14.9. The summed E-state index contributed by atoms with van der Waals surface area (Å²) in [4.78, 5) is 0. The number of rotatable bonds is 0. The summed E-state index contributed by atoms with van der Waals surface area (Å²) in [6.45, 7) is 4.50. The van der Waals surface area contributed by atoms with E-state index >= 15 is 0 Å². The van der Waals surface area contributed by atoms with Gasteiger partial charge in [-0.05, 0) is 55.9 Å². The molecule has 0 spiro atoms. The molecule has 0 radical (unpaired) electrons. The van der Waals surface area contributed by atoms with Crippen molar-refractivity contribution in [2.75, 3.05) is 0 Å². The van der Waals surface area contributed by atoms with E-state index in [0.717, 1.165) is 38.5 Å². The van der Waals surface area contributed by atoms with Crippen LogP contribution in [0, 0.1) is 22.7 Å². The van der Waals surface area contributed by atoms with Gasteiger partial charge in [0.25, 0.3) is 0 Å². The molecule has 0 aromatic rings. The third-order valence-electron chi connectivity index (χ3n) is 7.48. The average molecular weight is 304 g/mol. The topological polar surface area (TPSA) is 60.7 Å². The van der Waals surface area contributed by atoms with Crippen molar-refractivity contribution in [1.29, 1.82) is 0 Å². The molecule has 0 saturated heterocycles. The van der Waals surface area contributed by atoms with Gasteiger partial charge >= 0.3 is 0 Å². The van der Waals surface area contributed by atoms with Crippen LogP contribution in [0.4, 0.5) is 0 Å². The van der Waals surface area contributed by atoms with E-state index in [1.807, 2.05) is 6.08 Å². The molecule has 0 heterocycles. The van der Waals surface area contributed by atoms with Gasteiger partial charge in [0.15, 0.2) is 0 Å². The van der Waals surface area contributed by atoms with Gasteiger partial charge in [0.05, 0.1) is 18.3 Å². The first-order valence-corrected chi connectivity index (χ1v) is 8.83. The number of hydrogen-bond donors (Lipinski definition) is 3. The third kappa shape index (κ3) is 1.79. The molecular formula is C19H28O3. The van der Waals surface area contributed by atoms with Gasteiger partial charge < -0.3 is 15.3 Å². The summed E-state index contributed by atoms with van der Waals surface area (Å²) < 4.78 is 0. The fraction of sp³-hybridized carbons (Fsp3) is 0.789. The van der Waals surface area contributed by atoms with Crippen LogP contribution in [0.5, 0.6) is 0 Å². The Bertz CT molecular complexity index is 551. The Morgan fingerprint density at radius 1 is 1.09 bits per heavy atom. The van der Waals surface area contributed by atoms with Crippen LogP contribution >= 0.6 is 0 Å². The van der Waals surface area contributed by atoms with Crippen molar-refractivity contribution in [3.05, 3.63) is 23.3 Å². The molecule has 1 saturated carbocycles. The van der Waals surface area contributed by atoms with Gasteiger partial charge in [0, 0.05) is 10.8 Å². The summed E-state index contributed by atoms with van der Waals surface area (Å²) in [6.07, 6.45) is 8.51. The predicted octanol–water partition coefficient (Wildman–Crippen LogP) is 2.56. The quantitative estimate of drug-likeness (QED) is 0.603. The van der Waals surface area contributed by atoms with Crippen LogP contribution in [0.3, 0.4) is 0 Å². The first-order chi connectivity index (χ1) is 10.4. The van der Waals surface area contributed by atoms with E-state index in [1.165, 1.54) is 11.1 Å². The van der Waals surface area contributed by atoms with Gasteiger partial charge in [0.2, 0.25) is 0 Å². The second-order valence-corrected chi connectivity index (χ2v) is 8.48. The highest BCUT2D eigenvalue weighted by atomic mass is 16.3. The van der Waals surface area contributed by atoms with Crippen molar-refractivity contribution in [3.63, 3.8) is 0 Å². The van der Waals surface area contributed by atoms with Crippen molar-refractivity contribution >= 4 is 0 Å². The summed E-state index contributed by atoms with van der Waals surface area (Å²) in [5, 5.41) is 31.2. The summed E-state index contributed by atoms with van der Waals surface area (Å²) >= 11 is 0. The zero-order valence-electron chi connectivity index (χ0n) is 13.6. The number of hydrogen-bond acceptors (Lipinski definition) is 3. The highest BCUT2D eigenvalue weighted by Gasteiger charge is 2.56. The number of fused-ring (bicyclic) bond motifs is 4. The molecule has 3 heteroatoms. The molecular weight excluding hydrogens is 276 g/mol. The summed E-state index contributed by atoms with van der Waals surface area (Å²) in [6, 6.07) is 0. The molecule has 0 aromatic carbocycles. The van der Waals surface area contributed by atoms with Gasteiger partial charge in [-0.3, -0.25) is 0 Å². The molecule has 3 nitrogen and oxygen atoms in total. The van der Waals surface area contributed by atoms with Gasteiger partial charge in [-0.25, -0.2) is 0 Å². The maximum absolute atomic E-state index is 10.8. The monoisotopic (exact) mass is 304 g/mol. The maximum atomic E-state index is 10.8. The molecule has 2 unspecified atom stereocenters. The van der Waals surface area contributed by atoms with Gasteiger partial charge in [-0.2, -0.15) is 0 Å². The van der Waals surface area contributed by atoms with E-state index in [9.17, 15) is 15.3 Å². The third-order valence-corrected chi connectivity index (χ3v) is 7.48. The summed E-state index contributed by atoms with van der Waals surface area (Å²) in [5.74, 6) is 0.663. The standard InChI is InChI=1S/C19H28O3/c1-18-7-5-12(20)9-11(18)10-15(21)17-13-3-4-16(22)19(13,2)8-6-14(17)18/h5,7,11-13,15-16,20-22H,3-4,6,8-10H2,1-2H3/t11?,12-,13-,15?,16-,18-,19-/m0/s1. The Balaban J connectivity index is 1.83. The van der Waals surface area contributed by atoms with Crippen LogP contribution in [0.25, 0.3) is 0 Å². The molecule has 0 aromatic heterocycles. The van der Waals surface area contributed by atoms with E-state index in [2.05, 4.69) is 19.9 Å². The number of allylic oxidation sites excluding steroid dienone is 2. The van der Waals surface area contributed by atoms with E-state index in [0.29, 0.717) is 11.8 Å². The molecule has 4 rings (SSSR count). The highest BCUT2D eigenvalue weighted by Crippen LogP contribution is 2.62. The molecule has 0 bridgehead atoms. The zero-order chi connectivity index (χ0) is 15.7. The van der Waals surface area contributed by atoms with E-state index in [1.54, 1.807) is 0 Å². The van der Waals surface area contributed by atoms with Crippen LogP contribution in [0.1, 0.15) is 52.4 Å². The lowest BCUT2D eigenvalue weighted by atomic mass is 9.52. The van der Waals surface area contributed by atoms with Crippen LogP contribution in [0.2, 0.25) is 0 Å². The van der Waals surface area contributed by atoms with Crippen LogP contribution in [0.15, 0.2) is 23.3 Å². The summed E-state index contributed by atoms with van der Waals surface area (Å²) in [7, 11) is 0. The molecule has 0 aliphatic heterocycles. The maximum Gasteiger partial charge on any atom is 0.0759 e. The van der Waals surface area contributed by atoms with Crippen molar-refractivity contribution in [2.45, 2.75) is 70.7 Å². The Labute approximate surface area is 132 Å². The van der Waals surface area contributed by atoms with Gasteiger partial charge in [-0.15, -0.1) is 0 Å². The molecule has 22 heavy (non-hydrogen) atoms. The summed E-state index contributed by atoms with van der Waals surface area (Å²) in [5.41, 5.74) is 2.59. The van der Waals surface area contributed by atoms with E-state index in [4.69, 9.17) is 0 Å². The second kappa shape index (κ2) is 4.68. The fourth-order valence-corrected chi connectivity index (χ4v) is 5.98. The first-order valence-electron chi connectivity index (χ1n) is 8.83.